The molecular formula is C127H121N3. The lowest BCUT2D eigenvalue weighted by Crippen LogP contribution is -2.21. The molecule has 17 aromatic rings. The summed E-state index contributed by atoms with van der Waals surface area (Å²) in [5.74, 6) is 1.08. The standard InChI is InChI=1S/C127H121N3/c1-76-52-104(123(9,10)11)53-77(2)118(76)94-44-30-38-88(63-94)100-67-98(68-101(71-100)89-39-31-45-95(64-89)119-78(3)54-105(55-79(119)4)124(12,13)14)86-36-27-34-84(60-86)85-35-28-42-92(61-85)114-75-115(129-122(128-114)130-116-51-26-24-49-109(116)111-73-110-108-48-23-25-50-112(108)127(21,22)113(110)74-117(111)130)93-43-29-37-87(62-93)99-69-102(90-40-32-46-96(65-90)120-80(5)56-106(57-81(120)6)125(15,16)17)72-103(70-99)91-41-33-47-97(66-91)121-82(7)58-107(59-83(121)8)126(18,19)20/h23-58,60-75,107H,59H2,1-22H3. The van der Waals surface area contributed by atoms with Gasteiger partial charge in [0.05, 0.1) is 22.4 Å². The molecule has 3 nitrogen and oxygen atoms in total. The van der Waals surface area contributed by atoms with E-state index in [1.54, 1.807) is 0 Å². The Morgan fingerprint density at radius 1 is 0.277 bits per heavy atom. The first-order valence-corrected chi connectivity index (χ1v) is 46.8. The number of benzene rings is 15. The molecule has 0 saturated heterocycles. The Balaban J connectivity index is 0.762. The summed E-state index contributed by atoms with van der Waals surface area (Å²) in [6, 6.07) is 118. The molecule has 0 bridgehead atoms. The first kappa shape index (κ1) is 86.1. The number of hydrogen-bond donors (Lipinski definition) is 0. The van der Waals surface area contributed by atoms with Gasteiger partial charge in [0.2, 0.25) is 5.95 Å². The van der Waals surface area contributed by atoms with Gasteiger partial charge in [0.25, 0.3) is 0 Å². The summed E-state index contributed by atoms with van der Waals surface area (Å²) in [5.41, 5.74) is 51.7. The minimum absolute atomic E-state index is 0.0307. The van der Waals surface area contributed by atoms with Crippen molar-refractivity contribution in [2.24, 2.45) is 11.3 Å². The van der Waals surface area contributed by atoms with Crippen LogP contribution in [0.4, 0.5) is 0 Å². The van der Waals surface area contributed by atoms with Crippen molar-refractivity contribution in [2.45, 2.75) is 180 Å². The van der Waals surface area contributed by atoms with E-state index in [1.807, 2.05) is 0 Å². The van der Waals surface area contributed by atoms with Crippen LogP contribution in [0.3, 0.4) is 0 Å². The molecule has 0 radical (unpaired) electrons. The molecule has 0 N–H and O–H groups in total. The second-order valence-electron chi connectivity index (χ2n) is 42.4. The monoisotopic (exact) mass is 1690 g/mol. The molecule has 3 heteroatoms. The first-order chi connectivity index (χ1) is 61.9. The molecule has 644 valence electrons. The van der Waals surface area contributed by atoms with E-state index >= 15 is 0 Å². The van der Waals surface area contributed by atoms with Crippen molar-refractivity contribution in [2.75, 3.05) is 0 Å². The summed E-state index contributed by atoms with van der Waals surface area (Å²) in [5, 5.41) is 2.32. The van der Waals surface area contributed by atoms with Crippen LogP contribution in [-0.2, 0) is 21.7 Å². The highest BCUT2D eigenvalue weighted by Crippen LogP contribution is 2.53. The summed E-state index contributed by atoms with van der Waals surface area (Å²) in [4.78, 5) is 11.7. The van der Waals surface area contributed by atoms with Gasteiger partial charge in [-0.3, -0.25) is 4.57 Å². The maximum Gasteiger partial charge on any atom is 0.235 e. The normalized spacial score (nSPS) is 14.0. The molecule has 15 aromatic carbocycles. The van der Waals surface area contributed by atoms with Gasteiger partial charge in [0, 0.05) is 27.3 Å². The Morgan fingerprint density at radius 3 is 0.969 bits per heavy atom. The molecule has 1 unspecified atom stereocenters. The van der Waals surface area contributed by atoms with Crippen LogP contribution < -0.4 is 0 Å². The van der Waals surface area contributed by atoms with Gasteiger partial charge in [-0.15, -0.1) is 0 Å². The van der Waals surface area contributed by atoms with Crippen molar-refractivity contribution >= 4 is 27.4 Å². The number of para-hydroxylation sites is 1. The average Bonchev–Trinajstić information content (AvgIpc) is 1.55. The second kappa shape index (κ2) is 32.7. The summed E-state index contributed by atoms with van der Waals surface area (Å²) < 4.78 is 2.34. The third-order valence-electron chi connectivity index (χ3n) is 28.4. The Morgan fingerprint density at radius 2 is 0.592 bits per heavy atom. The molecule has 0 saturated carbocycles. The Kier molecular flexibility index (Phi) is 21.6. The molecule has 0 aliphatic heterocycles. The largest absolute Gasteiger partial charge is 0.278 e. The van der Waals surface area contributed by atoms with E-state index in [0.29, 0.717) is 11.9 Å². The molecule has 2 aromatic heterocycles. The zero-order valence-corrected chi connectivity index (χ0v) is 80.1. The van der Waals surface area contributed by atoms with E-state index in [4.69, 9.17) is 9.97 Å². The number of aryl methyl sites for hydroxylation is 6. The van der Waals surface area contributed by atoms with Crippen molar-refractivity contribution in [3.05, 3.63) is 393 Å². The van der Waals surface area contributed by atoms with E-state index in [9.17, 15) is 0 Å². The summed E-state index contributed by atoms with van der Waals surface area (Å²) in [6.07, 6.45) is 3.58. The molecule has 2 aliphatic carbocycles. The smallest absolute Gasteiger partial charge is 0.235 e. The van der Waals surface area contributed by atoms with Gasteiger partial charge < -0.3 is 0 Å². The van der Waals surface area contributed by atoms with Gasteiger partial charge >= 0.3 is 0 Å². The lowest BCUT2D eigenvalue weighted by molar-refractivity contribution is 0.288. The zero-order chi connectivity index (χ0) is 91.1. The molecule has 0 fully saturated rings. The van der Waals surface area contributed by atoms with Crippen molar-refractivity contribution in [3.63, 3.8) is 0 Å². The molecule has 2 heterocycles. The lowest BCUT2D eigenvalue weighted by Gasteiger charge is -2.33. The molecular weight excluding hydrogens is 1570 g/mol. The van der Waals surface area contributed by atoms with Gasteiger partial charge in [0.1, 0.15) is 0 Å². The van der Waals surface area contributed by atoms with Crippen molar-refractivity contribution in [1.82, 2.24) is 14.5 Å². The molecule has 2 aliphatic rings. The van der Waals surface area contributed by atoms with Crippen LogP contribution in [0.15, 0.2) is 327 Å². The third kappa shape index (κ3) is 16.2. The highest BCUT2D eigenvalue weighted by molar-refractivity contribution is 6.12. The quantitative estimate of drug-likeness (QED) is 0.109. The number of aromatic nitrogens is 3. The Labute approximate surface area is 772 Å². The minimum Gasteiger partial charge on any atom is -0.278 e. The summed E-state index contributed by atoms with van der Waals surface area (Å²) in [7, 11) is 0. The Bertz CT molecular complexity index is 7330. The van der Waals surface area contributed by atoms with Crippen molar-refractivity contribution in [3.8, 4) is 151 Å². The van der Waals surface area contributed by atoms with Gasteiger partial charge in [-0.25, -0.2) is 9.97 Å². The average molecular weight is 1690 g/mol. The maximum absolute atomic E-state index is 5.87. The fourth-order valence-corrected chi connectivity index (χ4v) is 21.3. The predicted molar refractivity (Wildman–Crippen MR) is 558 cm³/mol. The fourth-order valence-electron chi connectivity index (χ4n) is 21.3. The topological polar surface area (TPSA) is 30.7 Å². The molecule has 19 rings (SSSR count). The number of nitrogens with zero attached hydrogens (tertiary/aromatic N) is 3. The van der Waals surface area contributed by atoms with Crippen LogP contribution in [0.1, 0.15) is 184 Å². The molecule has 130 heavy (non-hydrogen) atoms. The van der Waals surface area contributed by atoms with E-state index < -0.39 is 0 Å². The highest BCUT2D eigenvalue weighted by atomic mass is 15.2. The van der Waals surface area contributed by atoms with E-state index in [2.05, 4.69) is 472 Å². The molecule has 0 amide bonds. The van der Waals surface area contributed by atoms with Crippen molar-refractivity contribution in [1.29, 1.82) is 0 Å². The minimum atomic E-state index is -0.245. The molecule has 0 spiro atoms. The SMILES string of the molecule is CC1=CC(C(C)(C)C)CC(C)=C1c1cccc(-c2cc(-c3cccc(-c4cc(-c5cccc(-c6cccc(-c7cc(-c8cccc(-c9c(C)cc(C(C)(C)C)cc9C)c8)cc(-c8cccc(-c9c(C)cc(C(C)(C)C)cc9C)c8)c7)c6)c5)nc(-n5c6ccccc6c6cc7c(cc65)C(C)(C)c5ccccc5-7)n4)c3)cc(-c3cccc(-c4c(C)cc(C(C)(C)C)cc4C)c3)c2)c1. The van der Waals surface area contributed by atoms with Crippen molar-refractivity contribution < 1.29 is 0 Å². The van der Waals surface area contributed by atoms with Crippen LogP contribution in [0.2, 0.25) is 0 Å². The fraction of sp³-hybridized carbons (Fsp3) is 0.228. The summed E-state index contributed by atoms with van der Waals surface area (Å²) >= 11 is 0. The van der Waals surface area contributed by atoms with Gasteiger partial charge in [0.15, 0.2) is 0 Å². The number of allylic oxidation sites excluding steroid dienone is 4. The van der Waals surface area contributed by atoms with E-state index in [-0.39, 0.29) is 27.1 Å². The van der Waals surface area contributed by atoms with Crippen LogP contribution in [0, 0.1) is 52.9 Å². The Hall–Kier alpha value is -13.3. The van der Waals surface area contributed by atoms with Crippen LogP contribution in [0.25, 0.3) is 178 Å². The second-order valence-corrected chi connectivity index (χ2v) is 42.4. The lowest BCUT2D eigenvalue weighted by atomic mass is 9.71. The number of hydrogen-bond acceptors (Lipinski definition) is 2. The van der Waals surface area contributed by atoms with E-state index in [1.165, 1.54) is 150 Å². The van der Waals surface area contributed by atoms with Crippen LogP contribution in [-0.4, -0.2) is 14.5 Å². The number of fused-ring (bicyclic) bond motifs is 6. The first-order valence-electron chi connectivity index (χ1n) is 46.8. The molecule has 1 atom stereocenters. The summed E-state index contributed by atoms with van der Waals surface area (Å²) in [6.45, 7) is 51.0. The third-order valence-corrected chi connectivity index (χ3v) is 28.4. The van der Waals surface area contributed by atoms with Crippen LogP contribution in [0.5, 0.6) is 0 Å². The maximum atomic E-state index is 5.87. The predicted octanol–water partition coefficient (Wildman–Crippen LogP) is 35.4. The number of rotatable bonds is 14. The van der Waals surface area contributed by atoms with E-state index in [0.717, 1.165) is 107 Å². The van der Waals surface area contributed by atoms with Crippen LogP contribution >= 0.6 is 0 Å². The van der Waals surface area contributed by atoms with Gasteiger partial charge in [-0.1, -0.05) is 315 Å². The highest BCUT2D eigenvalue weighted by Gasteiger charge is 2.37. The van der Waals surface area contributed by atoms with Gasteiger partial charge in [-0.05, 0) is 393 Å². The van der Waals surface area contributed by atoms with Gasteiger partial charge in [-0.2, -0.15) is 0 Å². The zero-order valence-electron chi connectivity index (χ0n) is 80.1.